The van der Waals surface area contributed by atoms with Crippen LogP contribution in [-0.4, -0.2) is 4.98 Å². The minimum atomic E-state index is 0.609. The Labute approximate surface area is 76.8 Å². The fourth-order valence-corrected chi connectivity index (χ4v) is 2.71. The highest BCUT2D eigenvalue weighted by molar-refractivity contribution is 7.11. The number of nitrogens with two attached hydrogens (primary N) is 1. The number of hydrogen-bond donors (Lipinski definition) is 1. The summed E-state index contributed by atoms with van der Waals surface area (Å²) >= 11 is 1.81. The van der Waals surface area contributed by atoms with Gasteiger partial charge in [0.2, 0.25) is 0 Å². The Balaban J connectivity index is 2.26. The van der Waals surface area contributed by atoms with Crippen molar-refractivity contribution < 1.29 is 0 Å². The molecule has 2 nitrogen and oxygen atoms in total. The summed E-state index contributed by atoms with van der Waals surface area (Å²) in [5.74, 6) is 0. The van der Waals surface area contributed by atoms with Gasteiger partial charge in [0.1, 0.15) is 5.01 Å². The summed E-state index contributed by atoms with van der Waals surface area (Å²) in [4.78, 5) is 6.02. The Hall–Kier alpha value is -0.410. The molecule has 0 saturated heterocycles. The molecular weight excluding hydrogens is 168 g/mol. The fourth-order valence-electron chi connectivity index (χ4n) is 1.67. The van der Waals surface area contributed by atoms with Crippen LogP contribution in [0.5, 0.6) is 0 Å². The van der Waals surface area contributed by atoms with Crippen molar-refractivity contribution in [2.24, 2.45) is 5.73 Å². The van der Waals surface area contributed by atoms with Crippen LogP contribution in [0.1, 0.15) is 34.8 Å². The zero-order valence-corrected chi connectivity index (χ0v) is 7.99. The topological polar surface area (TPSA) is 38.9 Å². The van der Waals surface area contributed by atoms with E-state index < -0.39 is 0 Å². The van der Waals surface area contributed by atoms with Gasteiger partial charge in [0.15, 0.2) is 0 Å². The Bertz CT molecular complexity index is 244. The van der Waals surface area contributed by atoms with Gasteiger partial charge in [-0.2, -0.15) is 0 Å². The maximum Gasteiger partial charge on any atom is 0.107 e. The average Bonchev–Trinajstić information content (AvgIpc) is 2.37. The fraction of sp³-hybridized carbons (Fsp3) is 0.667. The van der Waals surface area contributed by atoms with Crippen molar-refractivity contribution in [3.8, 4) is 0 Å². The van der Waals surface area contributed by atoms with Crippen molar-refractivity contribution in [2.75, 3.05) is 0 Å². The van der Waals surface area contributed by atoms with E-state index in [2.05, 4.69) is 4.98 Å². The van der Waals surface area contributed by atoms with E-state index in [-0.39, 0.29) is 0 Å². The molecule has 1 aliphatic rings. The quantitative estimate of drug-likeness (QED) is 0.673. The normalized spacial score (nSPS) is 17.1. The molecule has 0 amide bonds. The lowest BCUT2D eigenvalue weighted by atomic mass is 10.2. The third-order valence-electron chi connectivity index (χ3n) is 2.31. The summed E-state index contributed by atoms with van der Waals surface area (Å²) in [6, 6.07) is 0. The molecule has 0 spiro atoms. The van der Waals surface area contributed by atoms with Crippen molar-refractivity contribution >= 4 is 11.3 Å². The van der Waals surface area contributed by atoms with Crippen molar-refractivity contribution in [3.63, 3.8) is 0 Å². The Morgan fingerprint density at radius 1 is 1.25 bits per heavy atom. The Morgan fingerprint density at radius 2 is 2.08 bits per heavy atom. The molecule has 1 aromatic rings. The SMILES string of the molecule is NCc1nc2c(s1)CCCCC2. The molecule has 12 heavy (non-hydrogen) atoms. The Morgan fingerprint density at radius 3 is 2.92 bits per heavy atom. The van der Waals surface area contributed by atoms with Crippen LogP contribution >= 0.6 is 11.3 Å². The van der Waals surface area contributed by atoms with E-state index in [0.29, 0.717) is 6.54 Å². The van der Waals surface area contributed by atoms with Crippen LogP contribution in [-0.2, 0) is 19.4 Å². The molecule has 1 aromatic heterocycles. The molecule has 0 bridgehead atoms. The highest BCUT2D eigenvalue weighted by atomic mass is 32.1. The predicted molar refractivity (Wildman–Crippen MR) is 51.3 cm³/mol. The van der Waals surface area contributed by atoms with Crippen LogP contribution in [0.25, 0.3) is 0 Å². The zero-order valence-electron chi connectivity index (χ0n) is 7.18. The van der Waals surface area contributed by atoms with Crippen LogP contribution < -0.4 is 5.73 Å². The van der Waals surface area contributed by atoms with Gasteiger partial charge in [-0.3, -0.25) is 0 Å². The first kappa shape index (κ1) is 8.20. The number of aromatic nitrogens is 1. The highest BCUT2D eigenvalue weighted by Crippen LogP contribution is 2.25. The second-order valence-corrected chi connectivity index (χ2v) is 4.41. The minimum Gasteiger partial charge on any atom is -0.325 e. The average molecular weight is 182 g/mol. The van der Waals surface area contributed by atoms with Gasteiger partial charge in [0, 0.05) is 11.4 Å². The van der Waals surface area contributed by atoms with Gasteiger partial charge in [-0.1, -0.05) is 6.42 Å². The number of thiazole rings is 1. The van der Waals surface area contributed by atoms with Crippen molar-refractivity contribution in [2.45, 2.75) is 38.6 Å². The number of fused-ring (bicyclic) bond motifs is 1. The van der Waals surface area contributed by atoms with Gasteiger partial charge < -0.3 is 5.73 Å². The molecular formula is C9H14N2S. The number of aryl methyl sites for hydroxylation is 2. The summed E-state index contributed by atoms with van der Waals surface area (Å²) < 4.78 is 0. The molecule has 2 N–H and O–H groups in total. The van der Waals surface area contributed by atoms with E-state index in [1.807, 2.05) is 11.3 Å². The second-order valence-electron chi connectivity index (χ2n) is 3.24. The van der Waals surface area contributed by atoms with Gasteiger partial charge >= 0.3 is 0 Å². The van der Waals surface area contributed by atoms with E-state index in [1.54, 1.807) is 0 Å². The first-order valence-electron chi connectivity index (χ1n) is 4.57. The monoisotopic (exact) mass is 182 g/mol. The minimum absolute atomic E-state index is 0.609. The van der Waals surface area contributed by atoms with Crippen molar-refractivity contribution in [3.05, 3.63) is 15.6 Å². The number of nitrogens with zero attached hydrogens (tertiary/aromatic N) is 1. The standard InChI is InChI=1S/C9H14N2S/c10-6-9-11-7-4-2-1-3-5-8(7)12-9/h1-6,10H2. The van der Waals surface area contributed by atoms with Gasteiger partial charge in [-0.15, -0.1) is 11.3 Å². The number of rotatable bonds is 1. The first-order valence-corrected chi connectivity index (χ1v) is 5.39. The maximum absolute atomic E-state index is 5.55. The summed E-state index contributed by atoms with van der Waals surface area (Å²) in [7, 11) is 0. The third kappa shape index (κ3) is 1.52. The molecule has 0 radical (unpaired) electrons. The van der Waals surface area contributed by atoms with E-state index in [1.165, 1.54) is 42.7 Å². The van der Waals surface area contributed by atoms with Gasteiger partial charge in [-0.25, -0.2) is 4.98 Å². The lowest BCUT2D eigenvalue weighted by molar-refractivity contribution is 0.708. The summed E-state index contributed by atoms with van der Waals surface area (Å²) in [5.41, 5.74) is 6.88. The van der Waals surface area contributed by atoms with Crippen LogP contribution in [0.2, 0.25) is 0 Å². The third-order valence-corrected chi connectivity index (χ3v) is 3.49. The Kier molecular flexibility index (Phi) is 2.42. The molecule has 3 heteroatoms. The second kappa shape index (κ2) is 3.54. The lowest BCUT2D eigenvalue weighted by Crippen LogP contribution is -1.95. The zero-order chi connectivity index (χ0) is 8.39. The smallest absolute Gasteiger partial charge is 0.107 e. The summed E-state index contributed by atoms with van der Waals surface area (Å²) in [5, 5.41) is 1.11. The molecule has 1 heterocycles. The van der Waals surface area contributed by atoms with Crippen LogP contribution in [0.3, 0.4) is 0 Å². The highest BCUT2D eigenvalue weighted by Gasteiger charge is 2.12. The molecule has 1 aliphatic carbocycles. The molecule has 0 aromatic carbocycles. The van der Waals surface area contributed by atoms with Crippen molar-refractivity contribution in [1.82, 2.24) is 4.98 Å². The van der Waals surface area contributed by atoms with Gasteiger partial charge in [-0.05, 0) is 25.7 Å². The summed E-state index contributed by atoms with van der Waals surface area (Å²) in [6.45, 7) is 0.609. The summed E-state index contributed by atoms with van der Waals surface area (Å²) in [6.07, 6.45) is 6.40. The molecule has 0 unspecified atom stereocenters. The molecule has 0 fully saturated rings. The molecule has 66 valence electrons. The van der Waals surface area contributed by atoms with Crippen LogP contribution in [0.15, 0.2) is 0 Å². The molecule has 0 atom stereocenters. The molecule has 0 aliphatic heterocycles. The van der Waals surface area contributed by atoms with Crippen molar-refractivity contribution in [1.29, 1.82) is 0 Å². The van der Waals surface area contributed by atoms with E-state index >= 15 is 0 Å². The van der Waals surface area contributed by atoms with Gasteiger partial charge in [0.25, 0.3) is 0 Å². The van der Waals surface area contributed by atoms with E-state index in [0.717, 1.165) is 5.01 Å². The maximum atomic E-state index is 5.55. The van der Waals surface area contributed by atoms with Crippen LogP contribution in [0, 0.1) is 0 Å². The van der Waals surface area contributed by atoms with E-state index in [4.69, 9.17) is 5.73 Å². The first-order chi connectivity index (χ1) is 5.90. The van der Waals surface area contributed by atoms with Crippen LogP contribution in [0.4, 0.5) is 0 Å². The molecule has 0 saturated carbocycles. The molecule has 2 rings (SSSR count). The predicted octanol–water partition coefficient (Wildman–Crippen LogP) is 1.87. The lowest BCUT2D eigenvalue weighted by Gasteiger charge is -1.90. The number of hydrogen-bond acceptors (Lipinski definition) is 3. The van der Waals surface area contributed by atoms with E-state index in [9.17, 15) is 0 Å². The van der Waals surface area contributed by atoms with Gasteiger partial charge in [0.05, 0.1) is 5.69 Å². The largest absolute Gasteiger partial charge is 0.325 e.